The first kappa shape index (κ1) is 15.1. The standard InChI is InChI=1S/C12H22BrN3S/c1-5-14-11(8-17-7-9(2)3)12-10(13)6-15-16(12)4/h6,9,11,14H,5,7-8H2,1-4H3. The van der Waals surface area contributed by atoms with Crippen LogP contribution >= 0.6 is 27.7 Å². The second-order valence-electron chi connectivity index (χ2n) is 4.54. The molecule has 17 heavy (non-hydrogen) atoms. The van der Waals surface area contributed by atoms with Crippen LogP contribution in [-0.2, 0) is 7.05 Å². The first-order valence-electron chi connectivity index (χ1n) is 6.04. The zero-order valence-corrected chi connectivity index (χ0v) is 13.4. The highest BCUT2D eigenvalue weighted by Crippen LogP contribution is 2.26. The minimum Gasteiger partial charge on any atom is -0.308 e. The van der Waals surface area contributed by atoms with Crippen LogP contribution in [0.15, 0.2) is 10.7 Å². The van der Waals surface area contributed by atoms with Gasteiger partial charge in [0.15, 0.2) is 0 Å². The maximum atomic E-state index is 4.28. The molecule has 1 N–H and O–H groups in total. The molecule has 0 amide bonds. The number of aromatic nitrogens is 2. The lowest BCUT2D eigenvalue weighted by Crippen LogP contribution is -2.25. The fraction of sp³-hybridized carbons (Fsp3) is 0.750. The number of thioether (sulfide) groups is 1. The van der Waals surface area contributed by atoms with Gasteiger partial charge in [-0.2, -0.15) is 16.9 Å². The third-order valence-electron chi connectivity index (χ3n) is 2.45. The van der Waals surface area contributed by atoms with Crippen LogP contribution < -0.4 is 5.32 Å². The van der Waals surface area contributed by atoms with Crippen molar-refractivity contribution < 1.29 is 0 Å². The van der Waals surface area contributed by atoms with E-state index in [0.29, 0.717) is 6.04 Å². The molecule has 0 aliphatic rings. The van der Waals surface area contributed by atoms with Gasteiger partial charge in [0.2, 0.25) is 0 Å². The first-order chi connectivity index (χ1) is 8.06. The number of nitrogens with one attached hydrogen (secondary N) is 1. The van der Waals surface area contributed by atoms with Gasteiger partial charge in [0.25, 0.3) is 0 Å². The molecule has 5 heteroatoms. The van der Waals surface area contributed by atoms with Crippen molar-refractivity contribution in [3.63, 3.8) is 0 Å². The van der Waals surface area contributed by atoms with Crippen molar-refractivity contribution in [1.82, 2.24) is 15.1 Å². The summed E-state index contributed by atoms with van der Waals surface area (Å²) in [6, 6.07) is 0.366. The van der Waals surface area contributed by atoms with Crippen LogP contribution in [0, 0.1) is 5.92 Å². The first-order valence-corrected chi connectivity index (χ1v) is 7.99. The molecule has 1 aromatic heterocycles. The molecule has 0 radical (unpaired) electrons. The van der Waals surface area contributed by atoms with Gasteiger partial charge in [0, 0.05) is 12.8 Å². The van der Waals surface area contributed by atoms with E-state index in [2.05, 4.69) is 47.1 Å². The molecule has 98 valence electrons. The van der Waals surface area contributed by atoms with Gasteiger partial charge in [-0.3, -0.25) is 4.68 Å². The quantitative estimate of drug-likeness (QED) is 0.836. The number of halogens is 1. The fourth-order valence-corrected chi connectivity index (χ4v) is 3.46. The maximum Gasteiger partial charge on any atom is 0.0700 e. The van der Waals surface area contributed by atoms with Crippen molar-refractivity contribution >= 4 is 27.7 Å². The predicted molar refractivity (Wildman–Crippen MR) is 79.5 cm³/mol. The van der Waals surface area contributed by atoms with E-state index < -0.39 is 0 Å². The Morgan fingerprint density at radius 1 is 1.47 bits per heavy atom. The number of rotatable bonds is 7. The molecule has 1 atom stereocenters. The van der Waals surface area contributed by atoms with Crippen molar-refractivity contribution in [1.29, 1.82) is 0 Å². The van der Waals surface area contributed by atoms with Gasteiger partial charge in [0.1, 0.15) is 0 Å². The molecule has 0 spiro atoms. The Morgan fingerprint density at radius 3 is 2.65 bits per heavy atom. The normalized spacial score (nSPS) is 13.3. The maximum absolute atomic E-state index is 4.28. The van der Waals surface area contributed by atoms with Gasteiger partial charge in [-0.05, 0) is 34.1 Å². The Balaban J connectivity index is 2.65. The van der Waals surface area contributed by atoms with Gasteiger partial charge in [0.05, 0.1) is 22.4 Å². The van der Waals surface area contributed by atoms with Crippen LogP contribution in [0.25, 0.3) is 0 Å². The monoisotopic (exact) mass is 319 g/mol. The topological polar surface area (TPSA) is 29.9 Å². The summed E-state index contributed by atoms with van der Waals surface area (Å²) in [6.07, 6.45) is 1.87. The summed E-state index contributed by atoms with van der Waals surface area (Å²) < 4.78 is 3.05. The van der Waals surface area contributed by atoms with Crippen LogP contribution in [0.5, 0.6) is 0 Å². The van der Waals surface area contributed by atoms with Gasteiger partial charge >= 0.3 is 0 Å². The minimum absolute atomic E-state index is 0.366. The molecule has 1 aromatic rings. The smallest absolute Gasteiger partial charge is 0.0700 e. The molecule has 3 nitrogen and oxygen atoms in total. The van der Waals surface area contributed by atoms with Crippen molar-refractivity contribution in [3.8, 4) is 0 Å². The van der Waals surface area contributed by atoms with E-state index in [-0.39, 0.29) is 0 Å². The number of hydrogen-bond acceptors (Lipinski definition) is 3. The Hall–Kier alpha value is 0. The van der Waals surface area contributed by atoms with E-state index in [4.69, 9.17) is 0 Å². The number of nitrogens with zero attached hydrogens (tertiary/aromatic N) is 2. The second kappa shape index (κ2) is 7.44. The second-order valence-corrected chi connectivity index (χ2v) is 6.47. The van der Waals surface area contributed by atoms with Crippen LogP contribution in [0.3, 0.4) is 0 Å². The summed E-state index contributed by atoms with van der Waals surface area (Å²) in [6.45, 7) is 7.64. The highest BCUT2D eigenvalue weighted by atomic mass is 79.9. The Morgan fingerprint density at radius 2 is 2.18 bits per heavy atom. The van der Waals surface area contributed by atoms with Gasteiger partial charge < -0.3 is 5.32 Å². The summed E-state index contributed by atoms with van der Waals surface area (Å²) in [5, 5.41) is 7.81. The zero-order chi connectivity index (χ0) is 12.8. The molecule has 0 fully saturated rings. The van der Waals surface area contributed by atoms with Crippen LogP contribution in [0.1, 0.15) is 32.5 Å². The third-order valence-corrected chi connectivity index (χ3v) is 4.54. The van der Waals surface area contributed by atoms with E-state index >= 15 is 0 Å². The SMILES string of the molecule is CCNC(CSCC(C)C)c1c(Br)cnn1C. The van der Waals surface area contributed by atoms with E-state index in [1.165, 1.54) is 11.4 Å². The average Bonchev–Trinajstić information content (AvgIpc) is 2.57. The average molecular weight is 320 g/mol. The molecule has 0 aromatic carbocycles. The van der Waals surface area contributed by atoms with Crippen molar-refractivity contribution in [2.24, 2.45) is 13.0 Å². The molecule has 0 aliphatic heterocycles. The Labute approximate surface area is 117 Å². The molecule has 1 heterocycles. The van der Waals surface area contributed by atoms with E-state index in [1.54, 1.807) is 0 Å². The van der Waals surface area contributed by atoms with Crippen LogP contribution in [-0.4, -0.2) is 27.8 Å². The highest BCUT2D eigenvalue weighted by Gasteiger charge is 2.17. The van der Waals surface area contributed by atoms with E-state index in [1.807, 2.05) is 29.7 Å². The summed E-state index contributed by atoms with van der Waals surface area (Å²) >= 11 is 5.58. The largest absolute Gasteiger partial charge is 0.308 e. The summed E-state index contributed by atoms with van der Waals surface area (Å²) in [4.78, 5) is 0. The van der Waals surface area contributed by atoms with E-state index in [0.717, 1.165) is 22.7 Å². The van der Waals surface area contributed by atoms with Gasteiger partial charge in [-0.25, -0.2) is 0 Å². The minimum atomic E-state index is 0.366. The lowest BCUT2D eigenvalue weighted by molar-refractivity contribution is 0.550. The van der Waals surface area contributed by atoms with Crippen LogP contribution in [0.2, 0.25) is 0 Å². The molecular formula is C12H22BrN3S. The molecule has 1 rings (SSSR count). The zero-order valence-electron chi connectivity index (χ0n) is 11.0. The molecule has 0 saturated carbocycles. The molecule has 1 unspecified atom stereocenters. The van der Waals surface area contributed by atoms with E-state index in [9.17, 15) is 0 Å². The summed E-state index contributed by atoms with van der Waals surface area (Å²) in [5.41, 5.74) is 1.24. The summed E-state index contributed by atoms with van der Waals surface area (Å²) in [7, 11) is 2.00. The predicted octanol–water partition coefficient (Wildman–Crippen LogP) is 3.22. The highest BCUT2D eigenvalue weighted by molar-refractivity contribution is 9.10. The lowest BCUT2D eigenvalue weighted by Gasteiger charge is -2.19. The molecule has 0 aliphatic carbocycles. The van der Waals surface area contributed by atoms with Crippen LogP contribution in [0.4, 0.5) is 0 Å². The molecule has 0 saturated heterocycles. The molecular weight excluding hydrogens is 298 g/mol. The van der Waals surface area contributed by atoms with Crippen molar-refractivity contribution in [2.75, 3.05) is 18.1 Å². The van der Waals surface area contributed by atoms with Gasteiger partial charge in [-0.1, -0.05) is 20.8 Å². The number of hydrogen-bond donors (Lipinski definition) is 1. The Kier molecular flexibility index (Phi) is 6.59. The fourth-order valence-electron chi connectivity index (χ4n) is 1.71. The summed E-state index contributed by atoms with van der Waals surface area (Å²) in [5.74, 6) is 3.04. The van der Waals surface area contributed by atoms with Crippen molar-refractivity contribution in [3.05, 3.63) is 16.4 Å². The Bertz CT molecular complexity index is 319. The lowest BCUT2D eigenvalue weighted by atomic mass is 10.2. The third kappa shape index (κ3) is 4.64. The van der Waals surface area contributed by atoms with Crippen molar-refractivity contribution in [2.45, 2.75) is 26.8 Å². The van der Waals surface area contributed by atoms with Gasteiger partial charge in [-0.15, -0.1) is 0 Å². The number of aryl methyl sites for hydroxylation is 1. The molecule has 0 bridgehead atoms.